The minimum Gasteiger partial charge on any atom is -0.460 e. The molecule has 1 aromatic carbocycles. The van der Waals surface area contributed by atoms with Crippen LogP contribution in [-0.2, 0) is 6.42 Å². The lowest BCUT2D eigenvalue weighted by molar-refractivity contribution is 0.0864. The van der Waals surface area contributed by atoms with Crippen molar-refractivity contribution in [3.8, 4) is 5.75 Å². The molecule has 118 valence electrons. The van der Waals surface area contributed by atoms with Gasteiger partial charge in [0.1, 0.15) is 10.9 Å². The van der Waals surface area contributed by atoms with E-state index in [-0.39, 0.29) is 23.8 Å². The summed E-state index contributed by atoms with van der Waals surface area (Å²) in [6, 6.07) is 8.46. The lowest BCUT2D eigenvalue weighted by Crippen LogP contribution is -2.18. The third kappa shape index (κ3) is 2.80. The van der Waals surface area contributed by atoms with Gasteiger partial charge in [-0.2, -0.15) is 5.43 Å². The number of ether oxygens (including phenoxy) is 1. The minimum atomic E-state index is -1.28. The zero-order chi connectivity index (χ0) is 16.0. The molecule has 2 aliphatic rings. The van der Waals surface area contributed by atoms with Crippen LogP contribution in [0.15, 0.2) is 36.5 Å². The number of benzene rings is 1. The molecule has 23 heavy (non-hydrogen) atoms. The zero-order valence-corrected chi connectivity index (χ0v) is 12.5. The Morgan fingerprint density at radius 1 is 1.43 bits per heavy atom. The number of fused-ring (bicyclic) bond motifs is 1. The second-order valence-electron chi connectivity index (χ2n) is 5.27. The Balaban J connectivity index is 1.42. The Bertz CT molecular complexity index is 788. The summed E-state index contributed by atoms with van der Waals surface area (Å²) in [6.45, 7) is 0. The van der Waals surface area contributed by atoms with E-state index >= 15 is 0 Å². The number of nitrogens with zero attached hydrogens (tertiary/aromatic N) is 2. The number of hydrazine groups is 1. The van der Waals surface area contributed by atoms with Gasteiger partial charge in [-0.05, 0) is 18.2 Å². The van der Waals surface area contributed by atoms with Crippen molar-refractivity contribution >= 4 is 23.2 Å². The van der Waals surface area contributed by atoms with Crippen LogP contribution in [0.5, 0.6) is 5.75 Å². The molecule has 1 aromatic heterocycles. The van der Waals surface area contributed by atoms with Crippen molar-refractivity contribution in [3.05, 3.63) is 52.8 Å². The average Bonchev–Trinajstić information content (AvgIpc) is 3.18. The zero-order valence-electron chi connectivity index (χ0n) is 11.8. The molecule has 2 N–H and O–H groups in total. The fourth-order valence-corrected chi connectivity index (χ4v) is 2.65. The molecule has 8 heteroatoms. The fraction of sp³-hybridized carbons (Fsp3) is 0.200. The first-order valence-electron chi connectivity index (χ1n) is 7.01. The average molecular weight is 335 g/mol. The molecule has 0 bridgehead atoms. The van der Waals surface area contributed by atoms with Gasteiger partial charge in [-0.25, -0.2) is 14.4 Å². The van der Waals surface area contributed by atoms with Crippen LogP contribution in [0.25, 0.3) is 0 Å². The Hall–Kier alpha value is -2.38. The number of alkyl halides is 1. The minimum absolute atomic E-state index is 0.215. The van der Waals surface area contributed by atoms with E-state index in [1.54, 1.807) is 12.1 Å². The van der Waals surface area contributed by atoms with E-state index in [1.807, 2.05) is 12.1 Å². The first kappa shape index (κ1) is 14.2. The number of carbonyl (C=O) groups is 1. The van der Waals surface area contributed by atoms with Crippen LogP contribution < -0.4 is 15.5 Å². The van der Waals surface area contributed by atoms with E-state index in [9.17, 15) is 9.18 Å². The molecule has 0 radical (unpaired) electrons. The van der Waals surface area contributed by atoms with Crippen molar-refractivity contribution in [2.24, 2.45) is 0 Å². The van der Waals surface area contributed by atoms with Gasteiger partial charge in [0, 0.05) is 35.5 Å². The summed E-state index contributed by atoms with van der Waals surface area (Å²) in [5.41, 5.74) is 4.92. The van der Waals surface area contributed by atoms with Crippen molar-refractivity contribution in [1.82, 2.24) is 15.4 Å². The van der Waals surface area contributed by atoms with Crippen LogP contribution in [0.2, 0.25) is 5.15 Å². The van der Waals surface area contributed by atoms with Crippen molar-refractivity contribution in [2.45, 2.75) is 19.1 Å². The highest BCUT2D eigenvalue weighted by molar-refractivity contribution is 6.29. The Morgan fingerprint density at radius 2 is 2.30 bits per heavy atom. The van der Waals surface area contributed by atoms with Gasteiger partial charge in [-0.3, -0.25) is 4.79 Å². The molecular weight excluding hydrogens is 323 g/mol. The summed E-state index contributed by atoms with van der Waals surface area (Å²) in [6.07, 6.45) is 0.126. The molecule has 0 saturated carbocycles. The van der Waals surface area contributed by atoms with Crippen molar-refractivity contribution in [1.29, 1.82) is 0 Å². The highest BCUT2D eigenvalue weighted by Crippen LogP contribution is 2.32. The van der Waals surface area contributed by atoms with Gasteiger partial charge >= 0.3 is 0 Å². The van der Waals surface area contributed by atoms with Crippen LogP contribution >= 0.6 is 11.6 Å². The number of halogens is 2. The molecule has 1 fully saturated rings. The molecule has 2 atom stereocenters. The number of rotatable bonds is 3. The Labute approximate surface area is 136 Å². The van der Waals surface area contributed by atoms with Gasteiger partial charge in [0.25, 0.3) is 5.91 Å². The number of hydrogen-bond donors (Lipinski definition) is 2. The van der Waals surface area contributed by atoms with E-state index in [1.165, 1.54) is 17.3 Å². The number of nitrogens with one attached hydrogen (secondary N) is 2. The summed E-state index contributed by atoms with van der Waals surface area (Å²) in [5, 5.41) is 4.81. The molecule has 2 aliphatic heterocycles. The molecule has 1 amide bonds. The summed E-state index contributed by atoms with van der Waals surface area (Å²) in [7, 11) is 0. The van der Waals surface area contributed by atoms with Crippen LogP contribution in [0, 0.1) is 0 Å². The molecule has 2 unspecified atom stereocenters. The maximum absolute atomic E-state index is 13.2. The van der Waals surface area contributed by atoms with Gasteiger partial charge in [-0.15, -0.1) is 0 Å². The van der Waals surface area contributed by atoms with E-state index in [4.69, 9.17) is 16.3 Å². The van der Waals surface area contributed by atoms with Crippen molar-refractivity contribution < 1.29 is 13.9 Å². The normalized spacial score (nSPS) is 21.6. The van der Waals surface area contributed by atoms with Crippen LogP contribution in [0.1, 0.15) is 15.9 Å². The third-order valence-corrected chi connectivity index (χ3v) is 3.86. The van der Waals surface area contributed by atoms with Gasteiger partial charge in [0.05, 0.1) is 0 Å². The van der Waals surface area contributed by atoms with E-state index in [0.29, 0.717) is 11.3 Å². The van der Waals surface area contributed by atoms with Gasteiger partial charge in [0.15, 0.2) is 6.29 Å². The number of carbonyl (C=O) groups excluding carboxylic acids is 1. The summed E-state index contributed by atoms with van der Waals surface area (Å²) >= 11 is 5.78. The molecule has 0 spiro atoms. The highest BCUT2D eigenvalue weighted by atomic mass is 35.5. The summed E-state index contributed by atoms with van der Waals surface area (Å²) in [4.78, 5) is 16.1. The first-order chi connectivity index (χ1) is 11.1. The van der Waals surface area contributed by atoms with E-state index < -0.39 is 6.36 Å². The molecule has 1 saturated heterocycles. The lowest BCUT2D eigenvalue weighted by Gasteiger charge is -2.07. The third-order valence-electron chi connectivity index (χ3n) is 3.65. The van der Waals surface area contributed by atoms with Gasteiger partial charge < -0.3 is 10.1 Å². The van der Waals surface area contributed by atoms with Gasteiger partial charge in [-0.1, -0.05) is 17.7 Å². The molecule has 6 nitrogen and oxygen atoms in total. The largest absolute Gasteiger partial charge is 0.460 e. The predicted octanol–water partition coefficient (Wildman–Crippen LogP) is 2.32. The first-order valence-corrected chi connectivity index (χ1v) is 7.39. The molecule has 2 aromatic rings. The van der Waals surface area contributed by atoms with E-state index in [2.05, 4.69) is 15.7 Å². The smallest absolute Gasteiger partial charge is 0.271 e. The van der Waals surface area contributed by atoms with Crippen LogP contribution in [0.4, 0.5) is 10.1 Å². The van der Waals surface area contributed by atoms with Crippen LogP contribution in [-0.4, -0.2) is 28.5 Å². The molecule has 3 heterocycles. The highest BCUT2D eigenvalue weighted by Gasteiger charge is 2.39. The SMILES string of the molecule is O=C(c1ccnc(Cl)c1)N1NC1Nc1ccc2c(c1)OC(F)C2. The van der Waals surface area contributed by atoms with E-state index in [0.717, 1.165) is 11.3 Å². The summed E-state index contributed by atoms with van der Waals surface area (Å²) in [5.74, 6) is 0.315. The topological polar surface area (TPSA) is 76.2 Å². The monoisotopic (exact) mass is 334 g/mol. The number of pyridine rings is 1. The number of hydrogen-bond acceptors (Lipinski definition) is 5. The number of amides is 1. The predicted molar refractivity (Wildman–Crippen MR) is 81.6 cm³/mol. The fourth-order valence-electron chi connectivity index (χ4n) is 2.48. The molecule has 4 rings (SSSR count). The van der Waals surface area contributed by atoms with Crippen LogP contribution in [0.3, 0.4) is 0 Å². The Morgan fingerprint density at radius 3 is 3.13 bits per heavy atom. The maximum Gasteiger partial charge on any atom is 0.271 e. The van der Waals surface area contributed by atoms with Crippen molar-refractivity contribution in [3.63, 3.8) is 0 Å². The number of aromatic nitrogens is 1. The Kier molecular flexibility index (Phi) is 3.32. The quantitative estimate of drug-likeness (QED) is 0.665. The second-order valence-corrected chi connectivity index (χ2v) is 5.66. The maximum atomic E-state index is 13.2. The van der Waals surface area contributed by atoms with Gasteiger partial charge in [0.2, 0.25) is 6.36 Å². The summed E-state index contributed by atoms with van der Waals surface area (Å²) < 4.78 is 18.3. The molecule has 0 aliphatic carbocycles. The lowest BCUT2D eigenvalue weighted by atomic mass is 10.1. The standard InChI is InChI=1S/C15H12ClFN4O2/c16-12-5-9(3-4-18-12)14(22)21-15(20-21)19-10-2-1-8-6-13(17)23-11(8)7-10/h1-5,7,13,15,19-20H,6H2. The second kappa shape index (κ2) is 5.36. The molecular formula is C15H12ClFN4O2. The number of anilines is 1. The van der Waals surface area contributed by atoms with Crippen molar-refractivity contribution in [2.75, 3.05) is 5.32 Å².